The molecule has 0 spiro atoms. The molecule has 0 aliphatic heterocycles. The van der Waals surface area contributed by atoms with Gasteiger partial charge in [-0.3, -0.25) is 9.78 Å². The third-order valence-corrected chi connectivity index (χ3v) is 4.27. The molecule has 0 bridgehead atoms. The van der Waals surface area contributed by atoms with E-state index in [1.807, 2.05) is 50.2 Å². The van der Waals surface area contributed by atoms with E-state index < -0.39 is 11.7 Å². The molecule has 0 fully saturated rings. The van der Waals surface area contributed by atoms with Gasteiger partial charge in [-0.25, -0.2) is 4.39 Å². The van der Waals surface area contributed by atoms with Crippen LogP contribution in [0.15, 0.2) is 67.0 Å². The number of nitrogens with zero attached hydrogens (tertiary/aromatic N) is 1. The number of hydrogen-bond donors (Lipinski definition) is 1. The van der Waals surface area contributed by atoms with E-state index in [9.17, 15) is 9.18 Å². The van der Waals surface area contributed by atoms with E-state index in [4.69, 9.17) is 0 Å². The van der Waals surface area contributed by atoms with Gasteiger partial charge < -0.3 is 5.32 Å². The van der Waals surface area contributed by atoms with Crippen molar-refractivity contribution in [2.45, 2.75) is 26.3 Å². The summed E-state index contributed by atoms with van der Waals surface area (Å²) in [6.07, 6.45) is 4.10. The van der Waals surface area contributed by atoms with Crippen molar-refractivity contribution in [1.29, 1.82) is 0 Å². The van der Waals surface area contributed by atoms with E-state index in [0.717, 1.165) is 22.3 Å². The number of nitrogens with one attached hydrogen (secondary N) is 1. The monoisotopic (exact) mass is 348 g/mol. The van der Waals surface area contributed by atoms with E-state index in [-0.39, 0.29) is 11.6 Å². The smallest absolute Gasteiger partial charge is 0.254 e. The number of hydrogen-bond acceptors (Lipinski definition) is 2. The Balaban J connectivity index is 1.70. The minimum Gasteiger partial charge on any atom is -0.349 e. The van der Waals surface area contributed by atoms with Gasteiger partial charge in [0.05, 0.1) is 5.56 Å². The number of aryl methyl sites for hydroxylation is 1. The number of pyridine rings is 1. The summed E-state index contributed by atoms with van der Waals surface area (Å²) in [5, 5.41) is 2.85. The molecular formula is C22H21FN2O. The summed E-state index contributed by atoms with van der Waals surface area (Å²) in [7, 11) is 0. The standard InChI is InChI=1S/C22H21FN2O/c1-15-3-5-18(6-4-15)19-7-8-20(21(23)14-19)22(26)25-16(2)13-17-9-11-24-12-10-17/h3-12,14,16H,13H2,1-2H3,(H,25,26). The molecule has 2 aromatic carbocycles. The number of benzene rings is 2. The van der Waals surface area contributed by atoms with Crippen molar-refractivity contribution in [3.8, 4) is 11.1 Å². The molecule has 3 rings (SSSR count). The van der Waals surface area contributed by atoms with Gasteiger partial charge in [-0.05, 0) is 61.2 Å². The molecule has 1 aromatic heterocycles. The Labute approximate surface area is 152 Å². The second-order valence-electron chi connectivity index (χ2n) is 6.49. The maximum Gasteiger partial charge on any atom is 0.254 e. The Morgan fingerprint density at radius 1 is 1.04 bits per heavy atom. The Morgan fingerprint density at radius 3 is 2.35 bits per heavy atom. The average Bonchev–Trinajstić information content (AvgIpc) is 2.63. The second-order valence-corrected chi connectivity index (χ2v) is 6.49. The zero-order chi connectivity index (χ0) is 18.5. The Hall–Kier alpha value is -3.01. The average molecular weight is 348 g/mol. The van der Waals surface area contributed by atoms with Crippen LogP contribution in [-0.2, 0) is 6.42 Å². The highest BCUT2D eigenvalue weighted by molar-refractivity contribution is 5.95. The largest absolute Gasteiger partial charge is 0.349 e. The van der Waals surface area contributed by atoms with E-state index in [1.54, 1.807) is 24.5 Å². The lowest BCUT2D eigenvalue weighted by Gasteiger charge is -2.14. The van der Waals surface area contributed by atoms with Crippen LogP contribution in [-0.4, -0.2) is 16.9 Å². The van der Waals surface area contributed by atoms with Crippen LogP contribution >= 0.6 is 0 Å². The molecule has 1 heterocycles. The first-order chi connectivity index (χ1) is 12.5. The number of aromatic nitrogens is 1. The number of halogens is 1. The first-order valence-corrected chi connectivity index (χ1v) is 8.59. The Kier molecular flexibility index (Phi) is 5.42. The summed E-state index contributed by atoms with van der Waals surface area (Å²) in [4.78, 5) is 16.4. The number of carbonyl (C=O) groups excluding carboxylic acids is 1. The van der Waals surface area contributed by atoms with Crippen LogP contribution < -0.4 is 5.32 Å². The van der Waals surface area contributed by atoms with E-state index in [1.165, 1.54) is 6.07 Å². The molecule has 26 heavy (non-hydrogen) atoms. The Morgan fingerprint density at radius 2 is 1.69 bits per heavy atom. The Bertz CT molecular complexity index is 892. The lowest BCUT2D eigenvalue weighted by Crippen LogP contribution is -2.34. The van der Waals surface area contributed by atoms with Crippen molar-refractivity contribution in [2.75, 3.05) is 0 Å². The minimum atomic E-state index is -0.517. The molecule has 1 N–H and O–H groups in total. The molecule has 0 aliphatic rings. The SMILES string of the molecule is Cc1ccc(-c2ccc(C(=O)NC(C)Cc3ccncc3)c(F)c2)cc1. The van der Waals surface area contributed by atoms with Gasteiger partial charge in [0, 0.05) is 18.4 Å². The summed E-state index contributed by atoms with van der Waals surface area (Å²) >= 11 is 0. The first-order valence-electron chi connectivity index (χ1n) is 8.59. The molecule has 1 atom stereocenters. The fraction of sp³-hybridized carbons (Fsp3) is 0.182. The van der Waals surface area contributed by atoms with Gasteiger partial charge in [0.15, 0.2) is 0 Å². The maximum atomic E-state index is 14.5. The lowest BCUT2D eigenvalue weighted by molar-refractivity contribution is 0.0936. The minimum absolute atomic E-state index is 0.0578. The highest BCUT2D eigenvalue weighted by Crippen LogP contribution is 2.22. The second kappa shape index (κ2) is 7.91. The van der Waals surface area contributed by atoms with Crippen molar-refractivity contribution in [3.05, 3.63) is 89.5 Å². The van der Waals surface area contributed by atoms with E-state index in [2.05, 4.69) is 10.3 Å². The summed E-state index contributed by atoms with van der Waals surface area (Å²) in [6, 6.07) is 16.3. The normalized spacial score (nSPS) is 11.8. The number of rotatable bonds is 5. The predicted octanol–water partition coefficient (Wildman–Crippen LogP) is 4.56. The molecular weight excluding hydrogens is 327 g/mol. The maximum absolute atomic E-state index is 14.5. The van der Waals surface area contributed by atoms with Gasteiger partial charge in [0.1, 0.15) is 5.82 Å². The highest BCUT2D eigenvalue weighted by atomic mass is 19.1. The molecule has 0 saturated heterocycles. The van der Waals surface area contributed by atoms with Gasteiger partial charge in [-0.1, -0.05) is 35.9 Å². The molecule has 4 heteroatoms. The predicted molar refractivity (Wildman–Crippen MR) is 101 cm³/mol. The number of carbonyl (C=O) groups is 1. The first kappa shape index (κ1) is 17.8. The molecule has 1 amide bonds. The molecule has 3 aromatic rings. The third kappa shape index (κ3) is 4.33. The van der Waals surface area contributed by atoms with Gasteiger partial charge in [-0.15, -0.1) is 0 Å². The van der Waals surface area contributed by atoms with Crippen LogP contribution in [0.5, 0.6) is 0 Å². The van der Waals surface area contributed by atoms with Crippen molar-refractivity contribution in [3.63, 3.8) is 0 Å². The summed E-state index contributed by atoms with van der Waals surface area (Å²) in [5.41, 5.74) is 3.95. The van der Waals surface area contributed by atoms with Crippen molar-refractivity contribution < 1.29 is 9.18 Å². The van der Waals surface area contributed by atoms with E-state index in [0.29, 0.717) is 6.42 Å². The van der Waals surface area contributed by atoms with Crippen molar-refractivity contribution in [2.24, 2.45) is 0 Å². The van der Waals surface area contributed by atoms with Crippen LogP contribution in [0, 0.1) is 12.7 Å². The summed E-state index contributed by atoms with van der Waals surface area (Å²) < 4.78 is 14.5. The topological polar surface area (TPSA) is 42.0 Å². The number of amides is 1. The molecule has 0 aliphatic carbocycles. The van der Waals surface area contributed by atoms with Crippen LogP contribution in [0.4, 0.5) is 4.39 Å². The van der Waals surface area contributed by atoms with Crippen LogP contribution in [0.25, 0.3) is 11.1 Å². The van der Waals surface area contributed by atoms with Gasteiger partial charge in [0.25, 0.3) is 5.91 Å². The zero-order valence-corrected chi connectivity index (χ0v) is 14.9. The van der Waals surface area contributed by atoms with Gasteiger partial charge >= 0.3 is 0 Å². The third-order valence-electron chi connectivity index (χ3n) is 4.27. The lowest BCUT2D eigenvalue weighted by atomic mass is 10.0. The summed E-state index contributed by atoms with van der Waals surface area (Å²) in [6.45, 7) is 3.90. The van der Waals surface area contributed by atoms with Crippen LogP contribution in [0.2, 0.25) is 0 Å². The van der Waals surface area contributed by atoms with Crippen molar-refractivity contribution >= 4 is 5.91 Å². The quantitative estimate of drug-likeness (QED) is 0.734. The van der Waals surface area contributed by atoms with Gasteiger partial charge in [0.2, 0.25) is 0 Å². The van der Waals surface area contributed by atoms with E-state index >= 15 is 0 Å². The highest BCUT2D eigenvalue weighted by Gasteiger charge is 2.15. The summed E-state index contributed by atoms with van der Waals surface area (Å²) in [5.74, 6) is -0.920. The molecule has 3 nitrogen and oxygen atoms in total. The van der Waals surface area contributed by atoms with Crippen LogP contribution in [0.3, 0.4) is 0 Å². The molecule has 0 saturated carbocycles. The fourth-order valence-electron chi connectivity index (χ4n) is 2.85. The van der Waals surface area contributed by atoms with Crippen LogP contribution in [0.1, 0.15) is 28.4 Å². The van der Waals surface area contributed by atoms with Gasteiger partial charge in [-0.2, -0.15) is 0 Å². The van der Waals surface area contributed by atoms with Crippen molar-refractivity contribution in [1.82, 2.24) is 10.3 Å². The molecule has 0 radical (unpaired) electrons. The zero-order valence-electron chi connectivity index (χ0n) is 14.9. The molecule has 1 unspecified atom stereocenters. The fourth-order valence-corrected chi connectivity index (χ4v) is 2.85. The molecule has 132 valence electrons.